The highest BCUT2D eigenvalue weighted by molar-refractivity contribution is 7.99. The summed E-state index contributed by atoms with van der Waals surface area (Å²) in [6.45, 7) is 2.41. The van der Waals surface area contributed by atoms with Gasteiger partial charge in [0.15, 0.2) is 0 Å². The molecule has 0 bridgehead atoms. The Hall–Kier alpha value is -5.11. The number of anilines is 2. The van der Waals surface area contributed by atoms with Crippen molar-refractivity contribution in [3.8, 4) is 11.1 Å². The number of aliphatic carboxylic acids is 1. The summed E-state index contributed by atoms with van der Waals surface area (Å²) in [6.07, 6.45) is 5.19. The van der Waals surface area contributed by atoms with E-state index >= 15 is 0 Å². The van der Waals surface area contributed by atoms with Crippen LogP contribution in [0.1, 0.15) is 79.8 Å². The van der Waals surface area contributed by atoms with E-state index < -0.39 is 64.9 Å². The first-order valence-corrected chi connectivity index (χ1v) is 27.4. The number of nitrogens with zero attached hydrogens (tertiary/aromatic N) is 2. The molecule has 5 aromatic carbocycles. The lowest BCUT2D eigenvalue weighted by molar-refractivity contribution is -0.137. The number of piperidine rings is 1. The molecule has 0 saturated carbocycles. The minimum Gasteiger partial charge on any atom is -0.481 e. The average molecular weight is 1040 g/mol. The lowest BCUT2D eigenvalue weighted by atomic mass is 9.84. The van der Waals surface area contributed by atoms with Gasteiger partial charge in [-0.05, 0) is 142 Å². The molecule has 1 saturated heterocycles. The molecule has 4 N–H and O–H groups in total. The number of carbonyl (C=O) groups is 2. The van der Waals surface area contributed by atoms with Crippen molar-refractivity contribution in [3.63, 3.8) is 0 Å². The van der Waals surface area contributed by atoms with Crippen LogP contribution in [-0.2, 0) is 24.7 Å². The zero-order valence-electron chi connectivity index (χ0n) is 38.7. The minimum atomic E-state index is -6.11. The summed E-state index contributed by atoms with van der Waals surface area (Å²) in [4.78, 5) is 27.0. The number of hydrogen-bond donors (Lipinski definition) is 4. The molecule has 5 aromatic rings. The van der Waals surface area contributed by atoms with Crippen LogP contribution < -0.4 is 14.9 Å². The molecule has 1 heterocycles. The Bertz CT molecular complexity index is 2750. The van der Waals surface area contributed by atoms with Crippen LogP contribution in [0, 0.1) is 5.92 Å². The maximum atomic E-state index is 14.3. The van der Waals surface area contributed by atoms with Gasteiger partial charge in [0, 0.05) is 52.5 Å². The van der Waals surface area contributed by atoms with Gasteiger partial charge in [-0.25, -0.2) is 21.6 Å². The first-order valence-electron chi connectivity index (χ1n) is 23.1. The second-order valence-corrected chi connectivity index (χ2v) is 22.5. The van der Waals surface area contributed by atoms with Crippen LogP contribution in [-0.4, -0.2) is 94.4 Å². The number of amides is 1. The van der Waals surface area contributed by atoms with E-state index in [0.717, 1.165) is 65.1 Å². The van der Waals surface area contributed by atoms with Crippen LogP contribution in [0.15, 0.2) is 136 Å². The normalized spacial score (nSPS) is 14.6. The van der Waals surface area contributed by atoms with Crippen LogP contribution >= 0.6 is 23.4 Å². The number of unbranched alkanes of at least 4 members (excludes halogenated alkanes) is 4. The first-order chi connectivity index (χ1) is 33.3. The van der Waals surface area contributed by atoms with E-state index in [9.17, 15) is 44.7 Å². The Balaban J connectivity index is 1.11. The van der Waals surface area contributed by atoms with E-state index in [4.69, 9.17) is 16.7 Å². The molecule has 1 aliphatic heterocycles. The minimum absolute atomic E-state index is 0.0275. The summed E-state index contributed by atoms with van der Waals surface area (Å²) >= 11 is 7.52. The number of carboxylic acids is 1. The van der Waals surface area contributed by atoms with Gasteiger partial charge < -0.3 is 25.3 Å². The molecular weight excluding hydrogens is 985 g/mol. The summed E-state index contributed by atoms with van der Waals surface area (Å²) in [5.74, 6) is -1.60. The molecule has 12 nitrogen and oxygen atoms in total. The number of halogens is 4. The van der Waals surface area contributed by atoms with Crippen LogP contribution in [0.5, 0.6) is 0 Å². The van der Waals surface area contributed by atoms with E-state index in [1.807, 2.05) is 90.6 Å². The van der Waals surface area contributed by atoms with Crippen molar-refractivity contribution in [2.24, 2.45) is 5.92 Å². The zero-order chi connectivity index (χ0) is 50.5. The van der Waals surface area contributed by atoms with Gasteiger partial charge >= 0.3 is 11.5 Å². The Kier molecular flexibility index (Phi) is 19.2. The Morgan fingerprint density at radius 2 is 1.47 bits per heavy atom. The number of sulfone groups is 1. The smallest absolute Gasteiger partial charge is 0.481 e. The molecule has 1 aliphatic rings. The van der Waals surface area contributed by atoms with Crippen LogP contribution in [0.2, 0.25) is 5.02 Å². The largest absolute Gasteiger partial charge is 0.501 e. The number of sulfonamides is 1. The van der Waals surface area contributed by atoms with Gasteiger partial charge in [-0.15, -0.1) is 11.8 Å². The zero-order valence-corrected chi connectivity index (χ0v) is 41.9. The quantitative estimate of drug-likeness (QED) is 0.0341. The number of aliphatic hydroxyl groups is 1. The SMILES string of the molecule is CN(CCCCCCCC(=O)O)CC[C@H](CSc1ccccc1)Nc1ccc(S(=O)(=O)NC(=O)c2ccc(N3CCC([C@@H](O)c4ccccc4-c4ccc(Cl)cc4)CC3)cc2)cc1S(=O)(=O)C(F)(F)F. The molecule has 70 heavy (non-hydrogen) atoms. The molecule has 0 aliphatic carbocycles. The molecule has 0 radical (unpaired) electrons. The third-order valence-electron chi connectivity index (χ3n) is 12.3. The van der Waals surface area contributed by atoms with Crippen molar-refractivity contribution >= 4 is 66.5 Å². The second-order valence-electron chi connectivity index (χ2n) is 17.4. The predicted octanol–water partition coefficient (Wildman–Crippen LogP) is 10.7. The highest BCUT2D eigenvalue weighted by Crippen LogP contribution is 2.39. The van der Waals surface area contributed by atoms with E-state index in [1.54, 1.807) is 12.1 Å². The van der Waals surface area contributed by atoms with Crippen molar-refractivity contribution in [1.29, 1.82) is 0 Å². The molecule has 19 heteroatoms. The Morgan fingerprint density at radius 1 is 0.829 bits per heavy atom. The number of hydrogen-bond acceptors (Lipinski definition) is 11. The van der Waals surface area contributed by atoms with Gasteiger partial charge in [-0.1, -0.05) is 85.5 Å². The predicted molar refractivity (Wildman–Crippen MR) is 270 cm³/mol. The molecule has 0 aromatic heterocycles. The van der Waals surface area contributed by atoms with Gasteiger partial charge in [0.25, 0.3) is 25.8 Å². The summed E-state index contributed by atoms with van der Waals surface area (Å²) < 4.78 is 98.1. The maximum Gasteiger partial charge on any atom is 0.501 e. The number of alkyl halides is 3. The fraction of sp³-hybridized carbons (Fsp3) is 0.373. The van der Waals surface area contributed by atoms with Crippen molar-refractivity contribution in [2.75, 3.05) is 49.2 Å². The standard InChI is InChI=1S/C51H58ClF3N4O8S3/c1-58(30-11-4-2-3-8-16-48(60)61)31-29-40(35-68-42-12-6-5-7-13-42)56-46-26-25-43(34-47(46)69(64,65)51(53,54)55)70(66,67)57-50(63)38-19-23-41(24-20-38)59-32-27-37(28-33-59)49(62)45-15-10-9-14-44(45)36-17-21-39(52)22-18-36/h5-7,9-10,12-15,17-26,34,37,40,49,56,62H,2-4,8,11,16,27-33,35H2,1H3,(H,57,63)(H,60,61)/t40-,49-/m1/s1. The lowest BCUT2D eigenvalue weighted by Gasteiger charge is -2.36. The van der Waals surface area contributed by atoms with Gasteiger partial charge in [0.05, 0.1) is 16.7 Å². The van der Waals surface area contributed by atoms with Gasteiger partial charge in [0.2, 0.25) is 0 Å². The van der Waals surface area contributed by atoms with Crippen molar-refractivity contribution in [1.82, 2.24) is 9.62 Å². The van der Waals surface area contributed by atoms with E-state index in [-0.39, 0.29) is 17.9 Å². The van der Waals surface area contributed by atoms with Crippen molar-refractivity contribution in [2.45, 2.75) is 90.1 Å². The molecule has 0 spiro atoms. The number of carbonyl (C=O) groups excluding carboxylic acids is 1. The topological polar surface area (TPSA) is 173 Å². The second kappa shape index (κ2) is 24.8. The summed E-state index contributed by atoms with van der Waals surface area (Å²) in [5, 5.41) is 24.0. The number of rotatable bonds is 24. The highest BCUT2D eigenvalue weighted by Gasteiger charge is 2.48. The summed E-state index contributed by atoms with van der Waals surface area (Å²) in [5.41, 5.74) is -2.83. The summed E-state index contributed by atoms with van der Waals surface area (Å²) in [7, 11) is -9.10. The number of thioether (sulfide) groups is 1. The van der Waals surface area contributed by atoms with Crippen LogP contribution in [0.4, 0.5) is 24.5 Å². The fourth-order valence-corrected chi connectivity index (χ4v) is 11.5. The van der Waals surface area contributed by atoms with E-state index in [0.29, 0.717) is 68.7 Å². The van der Waals surface area contributed by atoms with Crippen LogP contribution in [0.3, 0.4) is 0 Å². The number of nitrogens with one attached hydrogen (secondary N) is 2. The number of benzene rings is 5. The van der Waals surface area contributed by atoms with Crippen molar-refractivity contribution in [3.05, 3.63) is 137 Å². The number of carboxylic acid groups (broad SMARTS) is 1. The first kappa shape index (κ1) is 54.2. The Labute approximate surface area is 417 Å². The average Bonchev–Trinajstić information content (AvgIpc) is 3.34. The third-order valence-corrected chi connectivity index (χ3v) is 16.6. The van der Waals surface area contributed by atoms with Gasteiger partial charge in [-0.2, -0.15) is 13.2 Å². The van der Waals surface area contributed by atoms with E-state index in [2.05, 4.69) is 15.1 Å². The van der Waals surface area contributed by atoms with Gasteiger partial charge in [-0.3, -0.25) is 9.59 Å². The number of aliphatic hydroxyl groups excluding tert-OH is 1. The highest BCUT2D eigenvalue weighted by atomic mass is 35.5. The van der Waals surface area contributed by atoms with Crippen molar-refractivity contribution < 1.29 is 49.8 Å². The molecule has 6 rings (SSSR count). The lowest BCUT2D eigenvalue weighted by Crippen LogP contribution is -2.36. The van der Waals surface area contributed by atoms with Crippen LogP contribution in [0.25, 0.3) is 11.1 Å². The summed E-state index contributed by atoms with van der Waals surface area (Å²) in [6, 6.07) is 32.4. The molecule has 0 unspecified atom stereocenters. The fourth-order valence-electron chi connectivity index (χ4n) is 8.38. The van der Waals surface area contributed by atoms with E-state index in [1.165, 1.54) is 23.9 Å². The molecule has 1 fully saturated rings. The van der Waals surface area contributed by atoms with Gasteiger partial charge in [0.1, 0.15) is 4.90 Å². The molecular formula is C51H58ClF3N4O8S3. The Morgan fingerprint density at radius 3 is 2.14 bits per heavy atom. The third kappa shape index (κ3) is 15.0. The maximum absolute atomic E-state index is 14.3. The molecule has 376 valence electrons. The molecule has 1 amide bonds. The molecule has 2 atom stereocenters. The monoisotopic (exact) mass is 1040 g/mol.